The van der Waals surface area contributed by atoms with Crippen LogP contribution in [-0.4, -0.2) is 46.1 Å². The van der Waals surface area contributed by atoms with Crippen molar-refractivity contribution in [3.8, 4) is 11.3 Å². The zero-order valence-electron chi connectivity index (χ0n) is 16.1. The molecule has 0 bridgehead atoms. The van der Waals surface area contributed by atoms with Gasteiger partial charge in [0.2, 0.25) is 5.95 Å². The fourth-order valence-electron chi connectivity index (χ4n) is 3.35. The standard InChI is InChI=1S/C21H18ClFN4O3/c1-26-19(28)11-17(13-2-4-24-5-3-13)25-21(26)27-6-7-30-18(12-27)20(29)14-8-15(22)10-16(23)9-14/h2-5,8-11,18H,6-7,12H2,1H3. The van der Waals surface area contributed by atoms with Crippen molar-refractivity contribution >= 4 is 23.3 Å². The van der Waals surface area contributed by atoms with Crippen LogP contribution in [0.25, 0.3) is 11.3 Å². The Morgan fingerprint density at radius 3 is 2.73 bits per heavy atom. The number of rotatable bonds is 4. The van der Waals surface area contributed by atoms with E-state index in [2.05, 4.69) is 9.97 Å². The molecule has 2 aromatic heterocycles. The van der Waals surface area contributed by atoms with Crippen molar-refractivity contribution in [3.05, 3.63) is 75.5 Å². The third-order valence-electron chi connectivity index (χ3n) is 4.88. The second kappa shape index (κ2) is 8.33. The number of halogens is 2. The Balaban J connectivity index is 1.64. The van der Waals surface area contributed by atoms with Crippen LogP contribution in [0, 0.1) is 5.82 Å². The van der Waals surface area contributed by atoms with E-state index in [1.54, 1.807) is 31.6 Å². The molecule has 0 spiro atoms. The number of carbonyl (C=O) groups is 1. The number of benzene rings is 1. The van der Waals surface area contributed by atoms with Gasteiger partial charge in [-0.25, -0.2) is 9.37 Å². The average Bonchev–Trinajstić information content (AvgIpc) is 2.75. The molecule has 1 fully saturated rings. The summed E-state index contributed by atoms with van der Waals surface area (Å²) in [5, 5.41) is 0.139. The molecule has 1 atom stereocenters. The van der Waals surface area contributed by atoms with Crippen LogP contribution in [0.2, 0.25) is 5.02 Å². The van der Waals surface area contributed by atoms with Crippen LogP contribution in [0.5, 0.6) is 0 Å². The highest BCUT2D eigenvalue weighted by Crippen LogP contribution is 2.22. The molecule has 30 heavy (non-hydrogen) atoms. The smallest absolute Gasteiger partial charge is 0.255 e. The van der Waals surface area contributed by atoms with Crippen LogP contribution < -0.4 is 10.5 Å². The van der Waals surface area contributed by atoms with Crippen molar-refractivity contribution < 1.29 is 13.9 Å². The molecule has 0 N–H and O–H groups in total. The molecule has 1 unspecified atom stereocenters. The van der Waals surface area contributed by atoms with E-state index in [1.165, 1.54) is 16.7 Å². The predicted molar refractivity (Wildman–Crippen MR) is 110 cm³/mol. The van der Waals surface area contributed by atoms with Crippen LogP contribution in [0.3, 0.4) is 0 Å². The summed E-state index contributed by atoms with van der Waals surface area (Å²) in [6.45, 7) is 0.885. The van der Waals surface area contributed by atoms with E-state index in [0.29, 0.717) is 18.2 Å². The Morgan fingerprint density at radius 1 is 1.23 bits per heavy atom. The first-order valence-electron chi connectivity index (χ1n) is 9.28. The van der Waals surface area contributed by atoms with Gasteiger partial charge in [-0.1, -0.05) is 11.6 Å². The minimum Gasteiger partial charge on any atom is -0.366 e. The maximum absolute atomic E-state index is 13.7. The van der Waals surface area contributed by atoms with Crippen molar-refractivity contribution in [2.24, 2.45) is 7.05 Å². The lowest BCUT2D eigenvalue weighted by atomic mass is 10.0. The van der Waals surface area contributed by atoms with Crippen LogP contribution in [-0.2, 0) is 11.8 Å². The normalized spacial score (nSPS) is 16.5. The number of anilines is 1. The first kappa shape index (κ1) is 20.2. The first-order valence-corrected chi connectivity index (χ1v) is 9.65. The van der Waals surface area contributed by atoms with E-state index < -0.39 is 11.9 Å². The fraction of sp³-hybridized carbons (Fsp3) is 0.238. The highest BCUT2D eigenvalue weighted by molar-refractivity contribution is 6.31. The van der Waals surface area contributed by atoms with Crippen molar-refractivity contribution in [1.82, 2.24) is 14.5 Å². The van der Waals surface area contributed by atoms with Crippen LogP contribution in [0.15, 0.2) is 53.6 Å². The molecule has 0 saturated carbocycles. The van der Waals surface area contributed by atoms with E-state index in [1.807, 2.05) is 4.90 Å². The molecule has 3 heterocycles. The molecule has 0 radical (unpaired) electrons. The average molecular weight is 429 g/mol. The number of hydrogen-bond donors (Lipinski definition) is 0. The number of carbonyl (C=O) groups excluding carboxylic acids is 1. The minimum absolute atomic E-state index is 0.138. The van der Waals surface area contributed by atoms with Crippen LogP contribution in [0.4, 0.5) is 10.3 Å². The van der Waals surface area contributed by atoms with E-state index in [0.717, 1.165) is 17.7 Å². The molecule has 154 valence electrons. The third-order valence-corrected chi connectivity index (χ3v) is 5.09. The largest absolute Gasteiger partial charge is 0.366 e. The number of nitrogens with zero attached hydrogens (tertiary/aromatic N) is 4. The van der Waals surface area contributed by atoms with E-state index in [9.17, 15) is 14.0 Å². The quantitative estimate of drug-likeness (QED) is 0.595. The van der Waals surface area contributed by atoms with Crippen LogP contribution >= 0.6 is 11.6 Å². The Hall–Kier alpha value is -3.10. The summed E-state index contributed by atoms with van der Waals surface area (Å²) in [5.74, 6) is -0.545. The Kier molecular flexibility index (Phi) is 5.61. The summed E-state index contributed by atoms with van der Waals surface area (Å²) in [6.07, 6.45) is 2.42. The summed E-state index contributed by atoms with van der Waals surface area (Å²) >= 11 is 5.88. The summed E-state index contributed by atoms with van der Waals surface area (Å²) in [4.78, 5) is 35.8. The molecule has 0 amide bonds. The predicted octanol–water partition coefficient (Wildman–Crippen LogP) is 2.72. The molecule has 9 heteroatoms. The van der Waals surface area contributed by atoms with Crippen molar-refractivity contribution in [2.45, 2.75) is 6.10 Å². The van der Waals surface area contributed by atoms with Gasteiger partial charge in [-0.05, 0) is 30.3 Å². The molecule has 1 aliphatic heterocycles. The van der Waals surface area contributed by atoms with Gasteiger partial charge in [-0.2, -0.15) is 0 Å². The van der Waals surface area contributed by atoms with Gasteiger partial charge in [0.25, 0.3) is 5.56 Å². The Labute approximate surface area is 176 Å². The molecular weight excluding hydrogens is 411 g/mol. The fourth-order valence-corrected chi connectivity index (χ4v) is 3.57. The highest BCUT2D eigenvalue weighted by Gasteiger charge is 2.30. The maximum Gasteiger partial charge on any atom is 0.255 e. The van der Waals surface area contributed by atoms with Gasteiger partial charge < -0.3 is 9.64 Å². The lowest BCUT2D eigenvalue weighted by Crippen LogP contribution is -2.48. The molecule has 4 rings (SSSR count). The molecule has 1 aliphatic rings. The van der Waals surface area contributed by atoms with Gasteiger partial charge in [-0.3, -0.25) is 19.1 Å². The molecule has 0 aliphatic carbocycles. The number of ether oxygens (including phenoxy) is 1. The third kappa shape index (κ3) is 4.10. The minimum atomic E-state index is -0.835. The second-order valence-corrected chi connectivity index (χ2v) is 7.34. The summed E-state index contributed by atoms with van der Waals surface area (Å²) in [5.41, 5.74) is 1.19. The number of hydrogen-bond acceptors (Lipinski definition) is 6. The van der Waals surface area contributed by atoms with Gasteiger partial charge in [0.05, 0.1) is 18.8 Å². The van der Waals surface area contributed by atoms with E-state index in [4.69, 9.17) is 16.3 Å². The van der Waals surface area contributed by atoms with Gasteiger partial charge in [0, 0.05) is 48.2 Å². The first-order chi connectivity index (χ1) is 14.4. The number of Topliss-reactive ketones (excluding diaryl/α,β-unsaturated/α-hetero) is 1. The second-order valence-electron chi connectivity index (χ2n) is 6.90. The molecule has 1 saturated heterocycles. The topological polar surface area (TPSA) is 77.3 Å². The molecular formula is C21H18ClFN4O3. The van der Waals surface area contributed by atoms with Crippen molar-refractivity contribution in [2.75, 3.05) is 24.6 Å². The lowest BCUT2D eigenvalue weighted by Gasteiger charge is -2.33. The van der Waals surface area contributed by atoms with Crippen molar-refractivity contribution in [3.63, 3.8) is 0 Å². The number of morpholine rings is 1. The SMILES string of the molecule is Cn1c(N2CCOC(C(=O)c3cc(F)cc(Cl)c3)C2)nc(-c2ccncc2)cc1=O. The molecule has 1 aromatic carbocycles. The Bertz CT molecular complexity index is 1130. The zero-order chi connectivity index (χ0) is 21.3. The number of aromatic nitrogens is 3. The van der Waals surface area contributed by atoms with Crippen LogP contribution in [0.1, 0.15) is 10.4 Å². The monoisotopic (exact) mass is 428 g/mol. The molecule has 3 aromatic rings. The highest BCUT2D eigenvalue weighted by atomic mass is 35.5. The van der Waals surface area contributed by atoms with Gasteiger partial charge in [-0.15, -0.1) is 0 Å². The Morgan fingerprint density at radius 2 is 2.00 bits per heavy atom. The zero-order valence-corrected chi connectivity index (χ0v) is 16.8. The summed E-state index contributed by atoms with van der Waals surface area (Å²) in [6, 6.07) is 8.67. The maximum atomic E-state index is 13.7. The van der Waals surface area contributed by atoms with Gasteiger partial charge >= 0.3 is 0 Å². The van der Waals surface area contributed by atoms with E-state index >= 15 is 0 Å². The number of pyridine rings is 1. The summed E-state index contributed by atoms with van der Waals surface area (Å²) in [7, 11) is 1.62. The van der Waals surface area contributed by atoms with Gasteiger partial charge in [0.1, 0.15) is 11.9 Å². The van der Waals surface area contributed by atoms with Crippen molar-refractivity contribution in [1.29, 1.82) is 0 Å². The summed E-state index contributed by atoms with van der Waals surface area (Å²) < 4.78 is 20.7. The lowest BCUT2D eigenvalue weighted by molar-refractivity contribution is 0.0336. The van der Waals surface area contributed by atoms with Gasteiger partial charge in [0.15, 0.2) is 5.78 Å². The number of ketones is 1. The molecule has 7 nitrogen and oxygen atoms in total. The van der Waals surface area contributed by atoms with E-state index in [-0.39, 0.29) is 35.1 Å².